The Balaban J connectivity index is 1.85. The van der Waals surface area contributed by atoms with E-state index in [2.05, 4.69) is 26.1 Å². The number of hydrogen-bond acceptors (Lipinski definition) is 3. The van der Waals surface area contributed by atoms with Crippen molar-refractivity contribution in [2.75, 3.05) is 19.6 Å². The second-order valence-electron chi connectivity index (χ2n) is 7.70. The fourth-order valence-electron chi connectivity index (χ4n) is 3.03. The molecule has 5 heteroatoms. The van der Waals surface area contributed by atoms with Gasteiger partial charge in [0.15, 0.2) is 0 Å². The number of nitrogens with one attached hydrogen (secondary N) is 1. The normalized spacial score (nSPS) is 15.5. The maximum absolute atomic E-state index is 12.6. The van der Waals surface area contributed by atoms with Crippen LogP contribution in [-0.2, 0) is 10.2 Å². The number of benzene rings is 1. The van der Waals surface area contributed by atoms with Gasteiger partial charge in [-0.3, -0.25) is 9.59 Å². The molecule has 0 aliphatic carbocycles. The number of nitriles is 1. The van der Waals surface area contributed by atoms with Crippen molar-refractivity contribution < 1.29 is 9.59 Å². The molecule has 1 aromatic carbocycles. The van der Waals surface area contributed by atoms with Crippen LogP contribution < -0.4 is 5.32 Å². The number of hydrogen-bond donors (Lipinski definition) is 1. The molecule has 1 aliphatic heterocycles. The van der Waals surface area contributed by atoms with Crippen LogP contribution in [0.5, 0.6) is 0 Å². The van der Waals surface area contributed by atoms with Crippen molar-refractivity contribution in [3.8, 4) is 6.07 Å². The fourth-order valence-corrected chi connectivity index (χ4v) is 3.03. The summed E-state index contributed by atoms with van der Waals surface area (Å²) in [6, 6.07) is 9.74. The lowest BCUT2D eigenvalue weighted by Gasteiger charge is -2.32. The number of rotatable bonds is 4. The molecular weight excluding hydrogens is 314 g/mol. The van der Waals surface area contributed by atoms with Crippen molar-refractivity contribution in [3.63, 3.8) is 0 Å². The van der Waals surface area contributed by atoms with Crippen LogP contribution in [0.4, 0.5) is 0 Å². The average molecular weight is 341 g/mol. The third kappa shape index (κ3) is 5.32. The highest BCUT2D eigenvalue weighted by Crippen LogP contribution is 2.23. The molecule has 2 amide bonds. The van der Waals surface area contributed by atoms with Crippen LogP contribution in [0, 0.1) is 17.2 Å². The number of nitrogens with zero attached hydrogens (tertiary/aromatic N) is 2. The van der Waals surface area contributed by atoms with Crippen LogP contribution in [0.25, 0.3) is 0 Å². The Hall–Kier alpha value is -2.35. The lowest BCUT2D eigenvalue weighted by molar-refractivity contribution is -0.120. The van der Waals surface area contributed by atoms with Crippen LogP contribution in [0.3, 0.4) is 0 Å². The maximum Gasteiger partial charge on any atom is 0.253 e. The Morgan fingerprint density at radius 3 is 2.32 bits per heavy atom. The Kier molecular flexibility index (Phi) is 6.19. The molecule has 1 saturated heterocycles. The van der Waals surface area contributed by atoms with E-state index in [0.717, 1.165) is 18.4 Å². The first kappa shape index (κ1) is 19.0. The topological polar surface area (TPSA) is 73.2 Å². The summed E-state index contributed by atoms with van der Waals surface area (Å²) in [5, 5.41) is 11.3. The van der Waals surface area contributed by atoms with Crippen LogP contribution in [-0.4, -0.2) is 36.3 Å². The van der Waals surface area contributed by atoms with E-state index in [9.17, 15) is 9.59 Å². The molecular formula is C20H27N3O2. The Morgan fingerprint density at radius 1 is 1.20 bits per heavy atom. The van der Waals surface area contributed by atoms with Crippen molar-refractivity contribution in [2.45, 2.75) is 45.4 Å². The molecule has 1 N–H and O–H groups in total. The highest BCUT2D eigenvalue weighted by Gasteiger charge is 2.24. The molecule has 5 nitrogen and oxygen atoms in total. The number of carbonyl (C=O) groups is 2. The molecule has 0 spiro atoms. The van der Waals surface area contributed by atoms with E-state index in [4.69, 9.17) is 5.26 Å². The van der Waals surface area contributed by atoms with E-state index >= 15 is 0 Å². The molecule has 0 bridgehead atoms. The summed E-state index contributed by atoms with van der Waals surface area (Å²) in [5.41, 5.74) is 2.03. The smallest absolute Gasteiger partial charge is 0.253 e. The van der Waals surface area contributed by atoms with E-state index in [1.807, 2.05) is 35.2 Å². The first-order valence-electron chi connectivity index (χ1n) is 8.84. The minimum Gasteiger partial charge on any atom is -0.355 e. The largest absolute Gasteiger partial charge is 0.355 e. The SMILES string of the molecule is CC(C)(C)c1ccc(C(=O)N2CCC(CNC(=O)CC#N)CC2)cc1. The van der Waals surface area contributed by atoms with Gasteiger partial charge in [0.25, 0.3) is 5.91 Å². The summed E-state index contributed by atoms with van der Waals surface area (Å²) in [5.74, 6) is 0.224. The number of amides is 2. The van der Waals surface area contributed by atoms with Gasteiger partial charge in [-0.15, -0.1) is 0 Å². The van der Waals surface area contributed by atoms with Gasteiger partial charge in [0.1, 0.15) is 6.42 Å². The van der Waals surface area contributed by atoms with Crippen molar-refractivity contribution in [1.29, 1.82) is 5.26 Å². The van der Waals surface area contributed by atoms with E-state index < -0.39 is 0 Å². The van der Waals surface area contributed by atoms with Crippen LogP contribution >= 0.6 is 0 Å². The Bertz CT molecular complexity index is 645. The quantitative estimate of drug-likeness (QED) is 0.915. The van der Waals surface area contributed by atoms with Gasteiger partial charge in [0, 0.05) is 25.2 Å². The summed E-state index contributed by atoms with van der Waals surface area (Å²) in [4.78, 5) is 25.9. The van der Waals surface area contributed by atoms with Crippen molar-refractivity contribution in [1.82, 2.24) is 10.2 Å². The average Bonchev–Trinajstić information content (AvgIpc) is 2.59. The summed E-state index contributed by atoms with van der Waals surface area (Å²) in [7, 11) is 0. The van der Waals surface area contributed by atoms with Crippen molar-refractivity contribution in [3.05, 3.63) is 35.4 Å². The zero-order valence-corrected chi connectivity index (χ0v) is 15.3. The van der Waals surface area contributed by atoms with Gasteiger partial charge in [-0.05, 0) is 41.9 Å². The first-order chi connectivity index (χ1) is 11.8. The first-order valence-corrected chi connectivity index (χ1v) is 8.84. The van der Waals surface area contributed by atoms with E-state index in [0.29, 0.717) is 25.6 Å². The summed E-state index contributed by atoms with van der Waals surface area (Å²) in [6.45, 7) is 8.47. The highest BCUT2D eigenvalue weighted by molar-refractivity contribution is 5.94. The minimum atomic E-state index is -0.222. The maximum atomic E-state index is 12.6. The molecule has 0 saturated carbocycles. The second kappa shape index (κ2) is 8.15. The Labute approximate surface area is 150 Å². The van der Waals surface area contributed by atoms with Crippen LogP contribution in [0.1, 0.15) is 56.0 Å². The number of likely N-dealkylation sites (tertiary alicyclic amines) is 1. The molecule has 0 atom stereocenters. The predicted octanol–water partition coefficient (Wildman–Crippen LogP) is 2.87. The third-order valence-corrected chi connectivity index (χ3v) is 4.73. The van der Waals surface area contributed by atoms with Crippen molar-refractivity contribution in [2.24, 2.45) is 5.92 Å². The predicted molar refractivity (Wildman–Crippen MR) is 97.0 cm³/mol. The zero-order valence-electron chi connectivity index (χ0n) is 15.3. The van der Waals surface area contributed by atoms with Gasteiger partial charge in [-0.1, -0.05) is 32.9 Å². The molecule has 1 aromatic rings. The standard InChI is InChI=1S/C20H27N3O2/c1-20(2,3)17-6-4-16(5-7-17)19(25)23-12-9-15(10-13-23)14-22-18(24)8-11-21/h4-7,15H,8-10,12-14H2,1-3H3,(H,22,24). The van der Waals surface area contributed by atoms with E-state index in [1.165, 1.54) is 5.56 Å². The van der Waals surface area contributed by atoms with E-state index in [-0.39, 0.29) is 23.7 Å². The summed E-state index contributed by atoms with van der Waals surface area (Å²) < 4.78 is 0. The molecule has 0 radical (unpaired) electrons. The fraction of sp³-hybridized carbons (Fsp3) is 0.550. The molecule has 25 heavy (non-hydrogen) atoms. The molecule has 1 fully saturated rings. The minimum absolute atomic E-state index is 0.0763. The van der Waals surface area contributed by atoms with Gasteiger partial charge >= 0.3 is 0 Å². The van der Waals surface area contributed by atoms with Crippen LogP contribution in [0.2, 0.25) is 0 Å². The number of carbonyl (C=O) groups excluding carboxylic acids is 2. The molecule has 2 rings (SSSR count). The summed E-state index contributed by atoms with van der Waals surface area (Å²) >= 11 is 0. The van der Waals surface area contributed by atoms with Gasteiger partial charge in [0.05, 0.1) is 6.07 Å². The third-order valence-electron chi connectivity index (χ3n) is 4.73. The molecule has 0 aromatic heterocycles. The van der Waals surface area contributed by atoms with Crippen molar-refractivity contribution >= 4 is 11.8 Å². The molecule has 0 unspecified atom stereocenters. The highest BCUT2D eigenvalue weighted by atomic mass is 16.2. The lowest BCUT2D eigenvalue weighted by Crippen LogP contribution is -2.41. The second-order valence-corrected chi connectivity index (χ2v) is 7.70. The monoisotopic (exact) mass is 341 g/mol. The summed E-state index contributed by atoms with van der Waals surface area (Å²) in [6.07, 6.45) is 1.65. The van der Waals surface area contributed by atoms with Gasteiger partial charge in [-0.25, -0.2) is 0 Å². The molecule has 134 valence electrons. The van der Waals surface area contributed by atoms with Gasteiger partial charge in [0.2, 0.25) is 5.91 Å². The Morgan fingerprint density at radius 2 is 1.80 bits per heavy atom. The zero-order chi connectivity index (χ0) is 18.4. The number of piperidine rings is 1. The lowest BCUT2D eigenvalue weighted by atomic mass is 9.86. The molecule has 1 heterocycles. The molecule has 1 aliphatic rings. The van der Waals surface area contributed by atoms with Gasteiger partial charge in [-0.2, -0.15) is 5.26 Å². The van der Waals surface area contributed by atoms with Gasteiger partial charge < -0.3 is 10.2 Å². The van der Waals surface area contributed by atoms with E-state index in [1.54, 1.807) is 0 Å². The van der Waals surface area contributed by atoms with Crippen LogP contribution in [0.15, 0.2) is 24.3 Å².